The molecule has 0 radical (unpaired) electrons. The van der Waals surface area contributed by atoms with Gasteiger partial charge in [-0.2, -0.15) is 0 Å². The molecule has 2 heteroatoms. The Kier molecular flexibility index (Phi) is 3.73. The summed E-state index contributed by atoms with van der Waals surface area (Å²) in [6, 6.07) is 0. The summed E-state index contributed by atoms with van der Waals surface area (Å²) < 4.78 is 11.6. The monoisotopic (exact) mass is 198 g/mol. The molecule has 0 N–H and O–H groups in total. The molecule has 1 fully saturated rings. The molecule has 0 aromatic carbocycles. The molecular formula is C12H22O2. The van der Waals surface area contributed by atoms with Gasteiger partial charge in [0.1, 0.15) is 6.10 Å². The minimum Gasteiger partial charge on any atom is -0.344 e. The number of unbranched alkanes of at least 4 members (excludes halogenated alkanes) is 1. The predicted molar refractivity (Wildman–Crippen MR) is 58.2 cm³/mol. The van der Waals surface area contributed by atoms with Gasteiger partial charge in [-0.1, -0.05) is 26.3 Å². The Morgan fingerprint density at radius 2 is 2.00 bits per heavy atom. The lowest BCUT2D eigenvalue weighted by Gasteiger charge is -2.16. The Labute approximate surface area is 87.3 Å². The molecule has 82 valence electrons. The first-order valence-electron chi connectivity index (χ1n) is 5.47. The van der Waals surface area contributed by atoms with Crippen LogP contribution in [-0.2, 0) is 9.47 Å². The fraction of sp³-hybridized carbons (Fsp3) is 0.833. The third kappa shape index (κ3) is 2.82. The van der Waals surface area contributed by atoms with Crippen LogP contribution in [0.3, 0.4) is 0 Å². The van der Waals surface area contributed by atoms with Crippen molar-refractivity contribution in [1.82, 2.24) is 0 Å². The van der Waals surface area contributed by atoms with Crippen LogP contribution in [0.5, 0.6) is 0 Å². The average Bonchev–Trinajstić information content (AvgIpc) is 2.38. The first-order valence-corrected chi connectivity index (χ1v) is 5.47. The molecule has 0 amide bonds. The maximum atomic E-state index is 5.84. The Morgan fingerprint density at radius 1 is 1.36 bits per heavy atom. The lowest BCUT2D eigenvalue weighted by Crippen LogP contribution is -2.23. The van der Waals surface area contributed by atoms with Crippen LogP contribution in [0, 0.1) is 0 Å². The maximum Gasteiger partial charge on any atom is 0.164 e. The summed E-state index contributed by atoms with van der Waals surface area (Å²) in [5.74, 6) is -0.442. The van der Waals surface area contributed by atoms with Gasteiger partial charge in [-0.3, -0.25) is 0 Å². The molecule has 0 aliphatic carbocycles. The molecule has 0 bridgehead atoms. The van der Waals surface area contributed by atoms with E-state index in [1.807, 2.05) is 20.8 Å². The molecule has 0 spiro atoms. The smallest absolute Gasteiger partial charge is 0.164 e. The van der Waals surface area contributed by atoms with Gasteiger partial charge in [0, 0.05) is 0 Å². The summed E-state index contributed by atoms with van der Waals surface area (Å²) in [5.41, 5.74) is 1.07. The molecular weight excluding hydrogens is 176 g/mol. The fourth-order valence-electron chi connectivity index (χ4n) is 1.87. The van der Waals surface area contributed by atoms with E-state index < -0.39 is 5.79 Å². The highest BCUT2D eigenvalue weighted by Gasteiger charge is 2.40. The highest BCUT2D eigenvalue weighted by atomic mass is 16.7. The lowest BCUT2D eigenvalue weighted by atomic mass is 10.0. The molecule has 2 atom stereocenters. The highest BCUT2D eigenvalue weighted by Crippen LogP contribution is 2.33. The summed E-state index contributed by atoms with van der Waals surface area (Å²) in [6.45, 7) is 12.1. The summed E-state index contributed by atoms with van der Waals surface area (Å²) in [5, 5.41) is 0. The molecule has 1 aliphatic heterocycles. The molecule has 1 heterocycles. The van der Waals surface area contributed by atoms with Gasteiger partial charge >= 0.3 is 0 Å². The van der Waals surface area contributed by atoms with E-state index in [0.29, 0.717) is 0 Å². The standard InChI is InChI=1S/C12H22O2/c1-6-7-8-10-11(9(2)3)14-12(4,5)13-10/h10-11H,2,6-8H2,1,3-5H3/t10-,11+/m0/s1. The van der Waals surface area contributed by atoms with Crippen LogP contribution in [0.4, 0.5) is 0 Å². The fourth-order valence-corrected chi connectivity index (χ4v) is 1.87. The van der Waals surface area contributed by atoms with Gasteiger partial charge in [0.15, 0.2) is 5.79 Å². The van der Waals surface area contributed by atoms with E-state index in [9.17, 15) is 0 Å². The number of hydrogen-bond donors (Lipinski definition) is 0. The Morgan fingerprint density at radius 3 is 2.50 bits per heavy atom. The second-order valence-electron chi connectivity index (χ2n) is 4.58. The van der Waals surface area contributed by atoms with E-state index in [1.54, 1.807) is 0 Å². The normalized spacial score (nSPS) is 30.6. The first kappa shape index (κ1) is 11.7. The number of rotatable bonds is 4. The second kappa shape index (κ2) is 4.45. The minimum absolute atomic E-state index is 0.0801. The topological polar surface area (TPSA) is 18.5 Å². The number of ether oxygens (including phenoxy) is 2. The molecule has 0 unspecified atom stereocenters. The van der Waals surface area contributed by atoms with Crippen molar-refractivity contribution in [1.29, 1.82) is 0 Å². The number of hydrogen-bond acceptors (Lipinski definition) is 2. The Bertz CT molecular complexity index is 208. The molecule has 1 aliphatic rings. The zero-order valence-electron chi connectivity index (χ0n) is 9.80. The molecule has 2 nitrogen and oxygen atoms in total. The third-order valence-electron chi connectivity index (χ3n) is 2.51. The summed E-state index contributed by atoms with van der Waals surface area (Å²) in [6.07, 6.45) is 3.73. The van der Waals surface area contributed by atoms with Crippen LogP contribution >= 0.6 is 0 Å². The van der Waals surface area contributed by atoms with Crippen LogP contribution in [0.25, 0.3) is 0 Å². The quantitative estimate of drug-likeness (QED) is 0.645. The highest BCUT2D eigenvalue weighted by molar-refractivity contribution is 5.05. The zero-order chi connectivity index (χ0) is 10.8. The summed E-state index contributed by atoms with van der Waals surface area (Å²) in [4.78, 5) is 0. The van der Waals surface area contributed by atoms with Crippen molar-refractivity contribution in [3.8, 4) is 0 Å². The van der Waals surface area contributed by atoms with Crippen LogP contribution in [0.1, 0.15) is 47.0 Å². The Balaban J connectivity index is 2.58. The largest absolute Gasteiger partial charge is 0.344 e. The molecule has 0 aromatic rings. The van der Waals surface area contributed by atoms with Gasteiger partial charge in [-0.25, -0.2) is 0 Å². The van der Waals surface area contributed by atoms with Crippen molar-refractivity contribution in [2.75, 3.05) is 0 Å². The van der Waals surface area contributed by atoms with Crippen LogP contribution in [0.15, 0.2) is 12.2 Å². The van der Waals surface area contributed by atoms with Crippen molar-refractivity contribution in [2.24, 2.45) is 0 Å². The Hall–Kier alpha value is -0.340. The van der Waals surface area contributed by atoms with Gasteiger partial charge in [-0.15, -0.1) is 0 Å². The average molecular weight is 198 g/mol. The van der Waals surface area contributed by atoms with Gasteiger partial charge in [-0.05, 0) is 32.8 Å². The van der Waals surface area contributed by atoms with Gasteiger partial charge in [0.05, 0.1) is 6.10 Å². The van der Waals surface area contributed by atoms with Crippen molar-refractivity contribution in [3.63, 3.8) is 0 Å². The molecule has 1 rings (SSSR count). The maximum absolute atomic E-state index is 5.84. The van der Waals surface area contributed by atoms with E-state index in [-0.39, 0.29) is 12.2 Å². The van der Waals surface area contributed by atoms with Crippen molar-refractivity contribution in [3.05, 3.63) is 12.2 Å². The van der Waals surface area contributed by atoms with Crippen molar-refractivity contribution >= 4 is 0 Å². The minimum atomic E-state index is -0.442. The van der Waals surface area contributed by atoms with Crippen LogP contribution < -0.4 is 0 Å². The van der Waals surface area contributed by atoms with Gasteiger partial charge < -0.3 is 9.47 Å². The van der Waals surface area contributed by atoms with Crippen LogP contribution in [0.2, 0.25) is 0 Å². The molecule has 14 heavy (non-hydrogen) atoms. The lowest BCUT2D eigenvalue weighted by molar-refractivity contribution is -0.144. The molecule has 0 saturated carbocycles. The summed E-state index contributed by atoms with van der Waals surface area (Å²) >= 11 is 0. The SMILES string of the molecule is C=C(C)[C@H]1OC(C)(C)O[C@H]1CCCC. The van der Waals surface area contributed by atoms with E-state index in [2.05, 4.69) is 13.5 Å². The zero-order valence-corrected chi connectivity index (χ0v) is 9.80. The van der Waals surface area contributed by atoms with Gasteiger partial charge in [0.2, 0.25) is 0 Å². The third-order valence-corrected chi connectivity index (χ3v) is 2.51. The molecule has 1 saturated heterocycles. The first-order chi connectivity index (χ1) is 6.46. The van der Waals surface area contributed by atoms with Crippen LogP contribution in [-0.4, -0.2) is 18.0 Å². The summed E-state index contributed by atoms with van der Waals surface area (Å²) in [7, 11) is 0. The van der Waals surface area contributed by atoms with E-state index in [0.717, 1.165) is 12.0 Å². The van der Waals surface area contributed by atoms with E-state index >= 15 is 0 Å². The second-order valence-corrected chi connectivity index (χ2v) is 4.58. The van der Waals surface area contributed by atoms with Gasteiger partial charge in [0.25, 0.3) is 0 Å². The van der Waals surface area contributed by atoms with E-state index in [1.165, 1.54) is 12.8 Å². The van der Waals surface area contributed by atoms with Crippen molar-refractivity contribution in [2.45, 2.75) is 65.0 Å². The van der Waals surface area contributed by atoms with Crippen molar-refractivity contribution < 1.29 is 9.47 Å². The predicted octanol–water partition coefficient (Wildman–Crippen LogP) is 3.27. The molecule has 0 aromatic heterocycles. The van der Waals surface area contributed by atoms with E-state index in [4.69, 9.17) is 9.47 Å².